The number of carbonyl (C=O) groups is 6. The normalized spacial score (nSPS) is 11.7. The van der Waals surface area contributed by atoms with E-state index in [1.54, 1.807) is 20.9 Å². The van der Waals surface area contributed by atoms with E-state index in [-0.39, 0.29) is 55.2 Å². The van der Waals surface area contributed by atoms with Crippen molar-refractivity contribution in [3.8, 4) is 28.3 Å². The molecule has 3 amide bonds. The fourth-order valence-corrected chi connectivity index (χ4v) is 7.85. The molecular weight excluding hydrogens is 1000 g/mol. The summed E-state index contributed by atoms with van der Waals surface area (Å²) in [5.41, 5.74) is 3.21. The summed E-state index contributed by atoms with van der Waals surface area (Å²) in [7, 11) is 1.77. The summed E-state index contributed by atoms with van der Waals surface area (Å²) < 4.78 is 27.1. The number of aromatic amines is 1. The van der Waals surface area contributed by atoms with Gasteiger partial charge in [-0.05, 0) is 81.0 Å². The largest absolute Gasteiger partial charge is 0.494 e. The molecule has 0 fully saturated rings. The van der Waals surface area contributed by atoms with Gasteiger partial charge in [-0.15, -0.1) is 10.2 Å². The van der Waals surface area contributed by atoms with E-state index in [4.69, 9.17) is 28.8 Å². The smallest absolute Gasteiger partial charge is 0.326 e. The van der Waals surface area contributed by atoms with Gasteiger partial charge in [-0.2, -0.15) is 5.21 Å². The number of unbranched alkanes of at least 4 members (excludes halogenated alkanes) is 13. The summed E-state index contributed by atoms with van der Waals surface area (Å²) in [6.07, 6.45) is 19.3. The lowest BCUT2D eigenvalue weighted by molar-refractivity contribution is -0.142. The van der Waals surface area contributed by atoms with E-state index < -0.39 is 12.0 Å². The van der Waals surface area contributed by atoms with Crippen LogP contribution in [0.25, 0.3) is 22.5 Å². The van der Waals surface area contributed by atoms with E-state index in [2.05, 4.69) is 71.5 Å². The van der Waals surface area contributed by atoms with Gasteiger partial charge in [0, 0.05) is 38.0 Å². The molecular formula is C57H93N9O12. The van der Waals surface area contributed by atoms with Crippen LogP contribution in [-0.2, 0) is 47.7 Å². The zero-order chi connectivity index (χ0) is 56.7. The number of likely N-dealkylation sites (N-methyl/N-ethyl adjacent to an activating group) is 1. The zero-order valence-electron chi connectivity index (χ0n) is 47.2. The highest BCUT2D eigenvalue weighted by Crippen LogP contribution is 2.25. The lowest BCUT2D eigenvalue weighted by atomic mass is 10.0. The van der Waals surface area contributed by atoms with Crippen molar-refractivity contribution in [3.05, 3.63) is 48.5 Å². The third-order valence-corrected chi connectivity index (χ3v) is 12.5. The van der Waals surface area contributed by atoms with Gasteiger partial charge in [-0.25, -0.2) is 4.79 Å². The maximum Gasteiger partial charge on any atom is 0.326 e. The topological polar surface area (TPSA) is 283 Å². The summed E-state index contributed by atoms with van der Waals surface area (Å²) in [4.78, 5) is 68.6. The number of benzene rings is 2. The average Bonchev–Trinajstić information content (AvgIpc) is 3.99. The van der Waals surface area contributed by atoms with Gasteiger partial charge in [0.25, 0.3) is 0 Å². The van der Waals surface area contributed by atoms with Crippen LogP contribution in [0.5, 0.6) is 5.75 Å². The SMILES string of the molecule is CCC(=O)CNCCOCCOCC(=O)NCCOCCOCC(=O)NCCCC[C@H](NC)C(C)=O.CCC(NC(=O)CCCCCCCCCCCCCCCOc1ccc(-c2ccc(-c3nn[nH]n3)cc2)cc1)C(=O)O. The van der Waals surface area contributed by atoms with Crippen molar-refractivity contribution < 1.29 is 57.6 Å². The molecule has 0 saturated heterocycles. The molecule has 0 spiro atoms. The van der Waals surface area contributed by atoms with Crippen molar-refractivity contribution in [2.24, 2.45) is 0 Å². The average molecular weight is 1100 g/mol. The van der Waals surface area contributed by atoms with Gasteiger partial charge in [0.1, 0.15) is 36.6 Å². The van der Waals surface area contributed by atoms with E-state index in [9.17, 15) is 28.8 Å². The number of tetrazole rings is 1. The Hall–Kier alpha value is -5.71. The molecule has 1 unspecified atom stereocenters. The number of nitrogens with one attached hydrogen (secondary N) is 6. The Bertz CT molecular complexity index is 2030. The minimum atomic E-state index is -0.961. The van der Waals surface area contributed by atoms with Crippen LogP contribution in [0.3, 0.4) is 0 Å². The summed E-state index contributed by atoms with van der Waals surface area (Å²) in [6.45, 7) is 9.71. The first-order valence-corrected chi connectivity index (χ1v) is 28.3. The minimum absolute atomic E-state index is 0.0389. The molecule has 7 N–H and O–H groups in total. The Balaban J connectivity index is 0.000000541. The second kappa shape index (κ2) is 46.2. The highest BCUT2D eigenvalue weighted by Gasteiger charge is 2.17. The summed E-state index contributed by atoms with van der Waals surface area (Å²) >= 11 is 0. The molecule has 2 atom stereocenters. The number of nitrogens with zero attached hydrogens (tertiary/aromatic N) is 3. The van der Waals surface area contributed by atoms with Gasteiger partial charge in [0.15, 0.2) is 0 Å². The van der Waals surface area contributed by atoms with Gasteiger partial charge >= 0.3 is 5.97 Å². The minimum Gasteiger partial charge on any atom is -0.494 e. The number of Topliss-reactive ketones (excluding diaryl/α,β-unsaturated/α-hetero) is 2. The molecule has 3 rings (SSSR count). The zero-order valence-corrected chi connectivity index (χ0v) is 47.2. The number of carbonyl (C=O) groups excluding carboxylic acids is 5. The highest BCUT2D eigenvalue weighted by molar-refractivity contribution is 5.83. The van der Waals surface area contributed by atoms with Crippen LogP contribution in [0, 0.1) is 0 Å². The number of ether oxygens (including phenoxy) is 5. The number of amides is 3. The molecule has 0 aliphatic carbocycles. The lowest BCUT2D eigenvalue weighted by Gasteiger charge is -2.12. The fourth-order valence-electron chi connectivity index (χ4n) is 7.85. The van der Waals surface area contributed by atoms with E-state index in [1.165, 1.54) is 57.8 Å². The summed E-state index contributed by atoms with van der Waals surface area (Å²) in [5, 5.41) is 37.1. The summed E-state index contributed by atoms with van der Waals surface area (Å²) in [5.74, 6) is 0.244. The second-order valence-electron chi connectivity index (χ2n) is 18.9. The maximum absolute atomic E-state index is 11.8. The van der Waals surface area contributed by atoms with Crippen LogP contribution >= 0.6 is 0 Å². The Morgan fingerprint density at radius 2 is 1.10 bits per heavy atom. The molecule has 1 aromatic heterocycles. The fraction of sp³-hybridized carbons (Fsp3) is 0.667. The van der Waals surface area contributed by atoms with Crippen molar-refractivity contribution in [3.63, 3.8) is 0 Å². The van der Waals surface area contributed by atoms with Gasteiger partial charge in [0.2, 0.25) is 23.5 Å². The van der Waals surface area contributed by atoms with Crippen molar-refractivity contribution in [1.29, 1.82) is 0 Å². The van der Waals surface area contributed by atoms with Crippen molar-refractivity contribution in [2.45, 2.75) is 155 Å². The molecule has 3 aromatic rings. The van der Waals surface area contributed by atoms with E-state index in [0.717, 1.165) is 74.0 Å². The third-order valence-electron chi connectivity index (χ3n) is 12.5. The first-order chi connectivity index (χ1) is 38.0. The number of rotatable bonds is 48. The van der Waals surface area contributed by atoms with E-state index in [1.807, 2.05) is 31.2 Å². The number of ketones is 2. The standard InChI is InChI=1S/C33H47N5O4.C24H46N4O8/c1-2-30(33(40)41)34-31(39)16-14-12-10-8-6-4-3-5-7-9-11-13-15-25-42-29-23-21-27(22-24-29)26-17-19-28(20-18-26)32-35-37-38-36-32;1-4-21(30)17-26-9-11-33-13-15-36-19-24(32)28-10-12-34-14-16-35-18-23(31)27-8-6-5-7-22(25-3)20(2)29/h17-24,30H,2-16,25H2,1H3,(H,34,39)(H,40,41)(H,35,36,37,38);22,25-26H,4-19H2,1-3H3,(H,27,31)(H,28,32)/t;22-/m.0/s1. The Kier molecular flexibility index (Phi) is 40.5. The number of hydrogen-bond acceptors (Lipinski definition) is 16. The number of aliphatic carboxylic acids is 1. The van der Waals surface area contributed by atoms with Crippen LogP contribution in [-0.4, -0.2) is 166 Å². The van der Waals surface area contributed by atoms with Gasteiger partial charge < -0.3 is 55.4 Å². The van der Waals surface area contributed by atoms with Crippen molar-refractivity contribution >= 4 is 35.3 Å². The van der Waals surface area contributed by atoms with Crippen LogP contribution in [0.4, 0.5) is 0 Å². The van der Waals surface area contributed by atoms with Gasteiger partial charge in [0.05, 0.1) is 58.8 Å². The van der Waals surface area contributed by atoms with Crippen LogP contribution in [0.15, 0.2) is 48.5 Å². The first-order valence-electron chi connectivity index (χ1n) is 28.3. The number of aromatic nitrogens is 4. The molecule has 0 aliphatic rings. The van der Waals surface area contributed by atoms with Crippen molar-refractivity contribution in [2.75, 3.05) is 92.7 Å². The highest BCUT2D eigenvalue weighted by atomic mass is 16.5. The molecule has 0 radical (unpaired) electrons. The molecule has 1 heterocycles. The lowest BCUT2D eigenvalue weighted by Crippen LogP contribution is -2.40. The Labute approximate surface area is 462 Å². The Morgan fingerprint density at radius 1 is 0.577 bits per heavy atom. The van der Waals surface area contributed by atoms with Gasteiger partial charge in [-0.3, -0.25) is 24.0 Å². The quantitative estimate of drug-likeness (QED) is 0.0295. The number of H-pyrrole nitrogens is 1. The van der Waals surface area contributed by atoms with Crippen LogP contribution in [0.2, 0.25) is 0 Å². The second-order valence-corrected chi connectivity index (χ2v) is 18.9. The molecule has 78 heavy (non-hydrogen) atoms. The molecule has 0 bridgehead atoms. The number of carboxylic acids is 1. The van der Waals surface area contributed by atoms with Gasteiger partial charge in [-0.1, -0.05) is 121 Å². The molecule has 21 heteroatoms. The van der Waals surface area contributed by atoms with E-state index in [0.29, 0.717) is 84.3 Å². The van der Waals surface area contributed by atoms with E-state index >= 15 is 0 Å². The predicted octanol–water partition coefficient (Wildman–Crippen LogP) is 6.55. The number of carboxylic acid groups (broad SMARTS) is 1. The van der Waals surface area contributed by atoms with Crippen LogP contribution < -0.4 is 31.3 Å². The molecule has 438 valence electrons. The van der Waals surface area contributed by atoms with Crippen molar-refractivity contribution in [1.82, 2.24) is 47.2 Å². The predicted molar refractivity (Wildman–Crippen MR) is 300 cm³/mol. The molecule has 2 aromatic carbocycles. The van der Waals surface area contributed by atoms with Crippen LogP contribution in [0.1, 0.15) is 143 Å². The third kappa shape index (κ3) is 35.7. The molecule has 21 nitrogen and oxygen atoms in total. The Morgan fingerprint density at radius 3 is 1.63 bits per heavy atom. The first kappa shape index (κ1) is 68.4. The number of hydrogen-bond donors (Lipinski definition) is 7. The maximum atomic E-state index is 11.8. The summed E-state index contributed by atoms with van der Waals surface area (Å²) in [6, 6.07) is 15.5. The molecule has 0 saturated carbocycles. The monoisotopic (exact) mass is 1100 g/mol. The molecule has 0 aliphatic heterocycles.